The number of carbonyl (C=O) groups excluding carboxylic acids is 1. The van der Waals surface area contributed by atoms with Crippen LogP contribution in [0.3, 0.4) is 0 Å². The van der Waals surface area contributed by atoms with Crippen LogP contribution in [0.5, 0.6) is 23.0 Å². The zero-order chi connectivity index (χ0) is 33.0. The van der Waals surface area contributed by atoms with E-state index in [9.17, 15) is 55.9 Å². The van der Waals surface area contributed by atoms with Gasteiger partial charge in [-0.25, -0.2) is 4.79 Å². The maximum absolute atomic E-state index is 12.8. The second kappa shape index (κ2) is 14.7. The molecule has 0 aliphatic carbocycles. The van der Waals surface area contributed by atoms with Crippen molar-refractivity contribution in [3.63, 3.8) is 0 Å². The highest BCUT2D eigenvalue weighted by Gasteiger charge is 2.52. The molecule has 2 heterocycles. The summed E-state index contributed by atoms with van der Waals surface area (Å²) < 4.78 is 27.9. The van der Waals surface area contributed by atoms with E-state index in [4.69, 9.17) is 23.7 Å². The Morgan fingerprint density at radius 3 is 2.16 bits per heavy atom. The number of rotatable bonds is 10. The summed E-state index contributed by atoms with van der Waals surface area (Å²) in [7, 11) is 0. The molecule has 2 aromatic carbocycles. The van der Waals surface area contributed by atoms with Crippen molar-refractivity contribution in [3.8, 4) is 23.0 Å². The van der Waals surface area contributed by atoms with Crippen LogP contribution in [0.2, 0.25) is 0 Å². The highest BCUT2D eigenvalue weighted by atomic mass is 16.7. The molecule has 16 nitrogen and oxygen atoms in total. The van der Waals surface area contributed by atoms with Crippen molar-refractivity contribution in [2.45, 2.75) is 74.4 Å². The lowest BCUT2D eigenvalue weighted by atomic mass is 9.97. The number of aliphatic hydroxyl groups is 6. The van der Waals surface area contributed by atoms with Crippen molar-refractivity contribution < 1.29 is 79.5 Å². The Bertz CT molecular complexity index is 1340. The number of carbonyl (C=O) groups is 1. The van der Waals surface area contributed by atoms with Crippen molar-refractivity contribution in [3.05, 3.63) is 53.6 Å². The fourth-order valence-corrected chi connectivity index (χ4v) is 4.77. The van der Waals surface area contributed by atoms with Gasteiger partial charge >= 0.3 is 5.97 Å². The van der Waals surface area contributed by atoms with Crippen LogP contribution in [-0.2, 0) is 28.5 Å². The topological polar surface area (TPSA) is 266 Å². The highest BCUT2D eigenvalue weighted by Crippen LogP contribution is 2.33. The van der Waals surface area contributed by atoms with Gasteiger partial charge in [-0.05, 0) is 48.4 Å². The number of hydrogen-bond acceptors (Lipinski definition) is 16. The van der Waals surface area contributed by atoms with E-state index in [1.165, 1.54) is 37.3 Å². The number of aromatic hydroxyl groups is 4. The monoisotopic (exact) mass is 640 g/mol. The Hall–Kier alpha value is -3.55. The molecule has 11 atom stereocenters. The van der Waals surface area contributed by atoms with E-state index in [2.05, 4.69) is 0 Å². The minimum Gasteiger partial charge on any atom is -0.504 e. The molecule has 16 heteroatoms. The third-order valence-corrected chi connectivity index (χ3v) is 7.36. The normalized spacial score (nSPS) is 32.8. The number of phenols is 4. The minimum atomic E-state index is -1.83. The van der Waals surface area contributed by atoms with Gasteiger partial charge in [0.05, 0.1) is 19.3 Å². The molecule has 0 amide bonds. The zero-order valence-electron chi connectivity index (χ0n) is 23.8. The second-order valence-corrected chi connectivity index (χ2v) is 10.6. The van der Waals surface area contributed by atoms with E-state index in [1.807, 2.05) is 0 Å². The van der Waals surface area contributed by atoms with Gasteiger partial charge in [0.15, 0.2) is 41.7 Å². The summed E-state index contributed by atoms with van der Waals surface area (Å²) in [6.07, 6.45) is -15.0. The predicted molar refractivity (Wildman–Crippen MR) is 148 cm³/mol. The summed E-state index contributed by atoms with van der Waals surface area (Å²) in [6, 6.07) is 7.32. The lowest BCUT2D eigenvalue weighted by molar-refractivity contribution is -0.358. The van der Waals surface area contributed by atoms with Gasteiger partial charge in [0.2, 0.25) is 0 Å². The summed E-state index contributed by atoms with van der Waals surface area (Å²) in [5.74, 6) is -2.75. The highest BCUT2D eigenvalue weighted by molar-refractivity contribution is 5.87. The Balaban J connectivity index is 1.54. The molecule has 2 fully saturated rings. The maximum atomic E-state index is 12.8. The largest absolute Gasteiger partial charge is 0.504 e. The molecular weight excluding hydrogens is 604 g/mol. The third-order valence-electron chi connectivity index (χ3n) is 7.36. The number of hydrogen-bond donors (Lipinski definition) is 10. The van der Waals surface area contributed by atoms with E-state index < -0.39 is 104 Å². The van der Waals surface area contributed by atoms with E-state index in [0.717, 1.165) is 18.2 Å². The van der Waals surface area contributed by atoms with Crippen LogP contribution in [0.25, 0.3) is 6.08 Å². The molecule has 2 aliphatic rings. The van der Waals surface area contributed by atoms with Crippen molar-refractivity contribution in [1.82, 2.24) is 0 Å². The Kier molecular flexibility index (Phi) is 11.2. The van der Waals surface area contributed by atoms with Gasteiger partial charge in [-0.1, -0.05) is 12.1 Å². The van der Waals surface area contributed by atoms with Crippen LogP contribution in [0.1, 0.15) is 24.2 Å². The van der Waals surface area contributed by atoms with Gasteiger partial charge in [0.25, 0.3) is 0 Å². The third kappa shape index (κ3) is 8.00. The minimum absolute atomic E-state index is 0.142. The summed E-state index contributed by atoms with van der Waals surface area (Å²) in [6.45, 7) is 0.0546. The Labute approximate surface area is 256 Å². The van der Waals surface area contributed by atoms with E-state index >= 15 is 0 Å². The van der Waals surface area contributed by atoms with E-state index in [1.54, 1.807) is 0 Å². The van der Waals surface area contributed by atoms with Crippen LogP contribution in [0.15, 0.2) is 42.5 Å². The lowest BCUT2D eigenvalue weighted by Gasteiger charge is -2.46. The SMILES string of the molecule is CC1OC(OC2C(O)C(OCC(O)c3ccc(O)c(O)c3)OC(CO)C2OC(=O)C=Cc2ccc(O)c(O)c2)C(O)C(O)C1O. The van der Waals surface area contributed by atoms with Crippen LogP contribution >= 0.6 is 0 Å². The zero-order valence-corrected chi connectivity index (χ0v) is 23.8. The first-order valence-electron chi connectivity index (χ1n) is 13.8. The first-order valence-corrected chi connectivity index (χ1v) is 13.8. The van der Waals surface area contributed by atoms with Crippen LogP contribution in [0.4, 0.5) is 0 Å². The van der Waals surface area contributed by atoms with Crippen LogP contribution in [0, 0.1) is 0 Å². The van der Waals surface area contributed by atoms with Crippen LogP contribution in [-0.4, -0.2) is 132 Å². The fraction of sp³-hybridized carbons (Fsp3) is 0.483. The molecule has 4 rings (SSSR count). The average molecular weight is 641 g/mol. The molecule has 11 unspecified atom stereocenters. The van der Waals surface area contributed by atoms with Gasteiger partial charge < -0.3 is 74.7 Å². The molecular formula is C29H36O16. The summed E-state index contributed by atoms with van der Waals surface area (Å²) >= 11 is 0. The quantitative estimate of drug-likeness (QED) is 0.0802. The summed E-state index contributed by atoms with van der Waals surface area (Å²) in [5.41, 5.74) is 0.450. The first-order chi connectivity index (χ1) is 21.3. The van der Waals surface area contributed by atoms with Crippen LogP contribution < -0.4 is 0 Å². The molecule has 10 N–H and O–H groups in total. The molecule has 2 aliphatic heterocycles. The number of phenolic OH excluding ortho intramolecular Hbond substituents is 4. The van der Waals surface area contributed by atoms with Crippen molar-refractivity contribution in [1.29, 1.82) is 0 Å². The molecule has 0 spiro atoms. The number of aliphatic hydroxyl groups excluding tert-OH is 6. The fourth-order valence-electron chi connectivity index (χ4n) is 4.77. The van der Waals surface area contributed by atoms with Gasteiger partial charge in [0, 0.05) is 6.08 Å². The molecule has 248 valence electrons. The maximum Gasteiger partial charge on any atom is 0.331 e. The van der Waals surface area contributed by atoms with E-state index in [-0.39, 0.29) is 11.3 Å². The summed E-state index contributed by atoms with van der Waals surface area (Å²) in [4.78, 5) is 12.8. The van der Waals surface area contributed by atoms with Gasteiger partial charge in [-0.2, -0.15) is 0 Å². The second-order valence-electron chi connectivity index (χ2n) is 10.6. The molecule has 2 aromatic rings. The number of ether oxygens (including phenoxy) is 5. The predicted octanol–water partition coefficient (Wildman–Crippen LogP) is -1.53. The molecule has 45 heavy (non-hydrogen) atoms. The smallest absolute Gasteiger partial charge is 0.331 e. The standard InChI is InChI=1S/C29H36O16/c1-12-22(37)23(38)24(39)29(42-12)45-27-25(40)28(41-11-19(35)14-4-6-16(32)18(34)9-14)43-20(10-30)26(27)44-21(36)7-3-13-2-5-15(31)17(33)8-13/h2-9,12,19-20,22-35,37-40H,10-11H2,1H3. The van der Waals surface area contributed by atoms with Gasteiger partial charge in [-0.3, -0.25) is 0 Å². The van der Waals surface area contributed by atoms with Crippen molar-refractivity contribution >= 4 is 12.0 Å². The van der Waals surface area contributed by atoms with Crippen molar-refractivity contribution in [2.24, 2.45) is 0 Å². The molecule has 0 saturated carbocycles. The lowest BCUT2D eigenvalue weighted by Crippen LogP contribution is -2.65. The number of esters is 1. The van der Waals surface area contributed by atoms with Gasteiger partial charge in [0.1, 0.15) is 42.7 Å². The molecule has 0 bridgehead atoms. The molecule has 0 radical (unpaired) electrons. The average Bonchev–Trinajstić information content (AvgIpc) is 3.01. The van der Waals surface area contributed by atoms with E-state index in [0.29, 0.717) is 5.56 Å². The van der Waals surface area contributed by atoms with Crippen molar-refractivity contribution in [2.75, 3.05) is 13.2 Å². The molecule has 0 aromatic heterocycles. The Morgan fingerprint density at radius 2 is 1.51 bits per heavy atom. The number of benzene rings is 2. The Morgan fingerprint density at radius 1 is 0.844 bits per heavy atom. The molecule has 2 saturated heterocycles. The summed E-state index contributed by atoms with van der Waals surface area (Å²) in [5, 5.41) is 101. The first kappa shape index (κ1) is 34.3. The van der Waals surface area contributed by atoms with Gasteiger partial charge in [-0.15, -0.1) is 0 Å².